The summed E-state index contributed by atoms with van der Waals surface area (Å²) >= 11 is 0. The Hall–Kier alpha value is -0.940. The largest absolute Gasteiger partial charge is 0.362 e. The van der Waals surface area contributed by atoms with Gasteiger partial charge in [-0.3, -0.25) is 14.5 Å². The fourth-order valence-corrected chi connectivity index (χ4v) is 2.09. The third kappa shape index (κ3) is 1.42. The van der Waals surface area contributed by atoms with E-state index in [1.54, 1.807) is 0 Å². The molecule has 1 atom stereocenters. The zero-order valence-electron chi connectivity index (χ0n) is 8.21. The van der Waals surface area contributed by atoms with Gasteiger partial charge in [-0.05, 0) is 19.9 Å². The van der Waals surface area contributed by atoms with Crippen molar-refractivity contribution in [3.05, 3.63) is 0 Å². The maximum atomic E-state index is 11.5. The van der Waals surface area contributed by atoms with Crippen LogP contribution < -0.4 is 5.32 Å². The van der Waals surface area contributed by atoms with Crippen LogP contribution in [0.25, 0.3) is 0 Å². The number of hydrogen-bond donors (Lipinski definition) is 1. The maximum Gasteiger partial charge on any atom is 0.255 e. The summed E-state index contributed by atoms with van der Waals surface area (Å²) in [6.45, 7) is 3.54. The minimum Gasteiger partial charge on any atom is -0.362 e. The summed E-state index contributed by atoms with van der Waals surface area (Å²) in [4.78, 5) is 24.5. The second-order valence-corrected chi connectivity index (χ2v) is 4.04. The predicted molar refractivity (Wildman–Crippen MR) is 48.6 cm³/mol. The minimum atomic E-state index is -0.349. The van der Waals surface area contributed by atoms with Crippen LogP contribution in [0.1, 0.15) is 13.3 Å². The Morgan fingerprint density at radius 1 is 1.36 bits per heavy atom. The van der Waals surface area contributed by atoms with Gasteiger partial charge in [0, 0.05) is 6.54 Å². The molecule has 2 fully saturated rings. The molecular weight excluding hydrogens is 184 g/mol. The van der Waals surface area contributed by atoms with Crippen LogP contribution in [-0.4, -0.2) is 48.6 Å². The molecule has 0 aromatic rings. The molecular formula is C9H14N2O3. The van der Waals surface area contributed by atoms with E-state index in [0.717, 1.165) is 13.0 Å². The zero-order valence-corrected chi connectivity index (χ0v) is 8.21. The summed E-state index contributed by atoms with van der Waals surface area (Å²) in [7, 11) is 0. The zero-order chi connectivity index (χ0) is 10.2. The first-order valence-electron chi connectivity index (χ1n) is 4.78. The maximum absolute atomic E-state index is 11.5. The Labute approximate surface area is 82.4 Å². The number of nitrogens with one attached hydrogen (secondary N) is 1. The number of morpholine rings is 1. The fourth-order valence-electron chi connectivity index (χ4n) is 2.09. The Morgan fingerprint density at radius 3 is 2.50 bits per heavy atom. The smallest absolute Gasteiger partial charge is 0.255 e. The number of ether oxygens (including phenoxy) is 1. The predicted octanol–water partition coefficient (Wildman–Crippen LogP) is -0.876. The van der Waals surface area contributed by atoms with E-state index in [0.29, 0.717) is 6.54 Å². The molecule has 0 aromatic carbocycles. The number of hydrogen-bond acceptors (Lipinski definition) is 4. The van der Waals surface area contributed by atoms with Crippen molar-refractivity contribution >= 4 is 11.8 Å². The second kappa shape index (κ2) is 3.33. The molecule has 0 radical (unpaired) electrons. The van der Waals surface area contributed by atoms with Crippen molar-refractivity contribution < 1.29 is 14.3 Å². The average molecular weight is 198 g/mol. The molecule has 0 saturated carbocycles. The third-order valence-corrected chi connectivity index (χ3v) is 2.84. The molecule has 1 N–H and O–H groups in total. The van der Waals surface area contributed by atoms with Crippen molar-refractivity contribution in [2.24, 2.45) is 0 Å². The number of amides is 2. The molecule has 14 heavy (non-hydrogen) atoms. The summed E-state index contributed by atoms with van der Waals surface area (Å²) in [6, 6.07) is 0. The molecule has 5 nitrogen and oxygen atoms in total. The van der Waals surface area contributed by atoms with Crippen molar-refractivity contribution in [2.75, 3.05) is 26.3 Å². The quantitative estimate of drug-likeness (QED) is 0.556. The van der Waals surface area contributed by atoms with Crippen LogP contribution in [0.2, 0.25) is 0 Å². The Morgan fingerprint density at radius 2 is 2.00 bits per heavy atom. The molecule has 78 valence electrons. The molecule has 2 saturated heterocycles. The molecule has 0 bridgehead atoms. The highest BCUT2D eigenvalue weighted by atomic mass is 16.5. The highest BCUT2D eigenvalue weighted by molar-refractivity contribution is 5.99. The standard InChI is InChI=1S/C9H14N2O3/c1-9(2-3-10-6-9)11-7(12)4-14-5-8(11)13/h10H,2-6H2,1H3. The van der Waals surface area contributed by atoms with E-state index in [1.165, 1.54) is 4.90 Å². The monoisotopic (exact) mass is 198 g/mol. The van der Waals surface area contributed by atoms with Gasteiger partial charge in [-0.1, -0.05) is 0 Å². The van der Waals surface area contributed by atoms with E-state index >= 15 is 0 Å². The fraction of sp³-hybridized carbons (Fsp3) is 0.778. The highest BCUT2D eigenvalue weighted by Gasteiger charge is 2.43. The van der Waals surface area contributed by atoms with E-state index in [9.17, 15) is 9.59 Å². The molecule has 2 aliphatic heterocycles. The van der Waals surface area contributed by atoms with Gasteiger partial charge in [0.2, 0.25) is 0 Å². The lowest BCUT2D eigenvalue weighted by atomic mass is 9.98. The van der Waals surface area contributed by atoms with Gasteiger partial charge in [-0.15, -0.1) is 0 Å². The number of rotatable bonds is 1. The average Bonchev–Trinajstić information content (AvgIpc) is 2.52. The lowest BCUT2D eigenvalue weighted by Crippen LogP contribution is -2.58. The normalized spacial score (nSPS) is 33.9. The van der Waals surface area contributed by atoms with Crippen LogP contribution in [0.4, 0.5) is 0 Å². The molecule has 2 amide bonds. The molecule has 0 aromatic heterocycles. The molecule has 2 heterocycles. The second-order valence-electron chi connectivity index (χ2n) is 4.04. The molecule has 0 spiro atoms. The van der Waals surface area contributed by atoms with Gasteiger partial charge in [-0.25, -0.2) is 0 Å². The Bertz CT molecular complexity index is 255. The Balaban J connectivity index is 2.21. The number of nitrogens with zero attached hydrogens (tertiary/aromatic N) is 1. The van der Waals surface area contributed by atoms with Crippen LogP contribution in [0.3, 0.4) is 0 Å². The van der Waals surface area contributed by atoms with Crippen LogP contribution in [0.15, 0.2) is 0 Å². The third-order valence-electron chi connectivity index (χ3n) is 2.84. The summed E-state index contributed by atoms with van der Waals surface area (Å²) in [5, 5.41) is 3.16. The minimum absolute atomic E-state index is 0.0291. The SMILES string of the molecule is CC1(N2C(=O)COCC2=O)CCNC1. The van der Waals surface area contributed by atoms with E-state index in [2.05, 4.69) is 5.32 Å². The molecule has 0 aliphatic carbocycles. The van der Waals surface area contributed by atoms with Gasteiger partial charge >= 0.3 is 0 Å². The summed E-state index contributed by atoms with van der Waals surface area (Å²) in [5.74, 6) is -0.431. The summed E-state index contributed by atoms with van der Waals surface area (Å²) in [5.41, 5.74) is -0.349. The van der Waals surface area contributed by atoms with Crippen molar-refractivity contribution in [1.29, 1.82) is 0 Å². The van der Waals surface area contributed by atoms with Gasteiger partial charge < -0.3 is 10.1 Å². The van der Waals surface area contributed by atoms with Crippen molar-refractivity contribution in [1.82, 2.24) is 10.2 Å². The van der Waals surface area contributed by atoms with Crippen molar-refractivity contribution in [2.45, 2.75) is 18.9 Å². The first-order chi connectivity index (χ1) is 6.63. The van der Waals surface area contributed by atoms with Gasteiger partial charge in [0.25, 0.3) is 11.8 Å². The number of imide groups is 1. The van der Waals surface area contributed by atoms with E-state index in [1.807, 2.05) is 6.92 Å². The number of carbonyl (C=O) groups excluding carboxylic acids is 2. The summed E-state index contributed by atoms with van der Waals surface area (Å²) < 4.78 is 4.87. The molecule has 1 unspecified atom stereocenters. The lowest BCUT2D eigenvalue weighted by Gasteiger charge is -2.38. The van der Waals surface area contributed by atoms with Crippen LogP contribution in [-0.2, 0) is 14.3 Å². The van der Waals surface area contributed by atoms with Crippen LogP contribution in [0, 0.1) is 0 Å². The van der Waals surface area contributed by atoms with Gasteiger partial charge in [0.05, 0.1) is 5.54 Å². The van der Waals surface area contributed by atoms with Crippen molar-refractivity contribution in [3.63, 3.8) is 0 Å². The Kier molecular flexibility index (Phi) is 2.28. The molecule has 5 heteroatoms. The topological polar surface area (TPSA) is 58.6 Å². The lowest BCUT2D eigenvalue weighted by molar-refractivity contribution is -0.165. The van der Waals surface area contributed by atoms with E-state index in [-0.39, 0.29) is 30.6 Å². The molecule has 2 rings (SSSR count). The molecule has 2 aliphatic rings. The van der Waals surface area contributed by atoms with Crippen LogP contribution >= 0.6 is 0 Å². The first-order valence-corrected chi connectivity index (χ1v) is 4.78. The highest BCUT2D eigenvalue weighted by Crippen LogP contribution is 2.24. The number of carbonyl (C=O) groups is 2. The first kappa shape index (κ1) is 9.61. The van der Waals surface area contributed by atoms with Crippen molar-refractivity contribution in [3.8, 4) is 0 Å². The van der Waals surface area contributed by atoms with Gasteiger partial charge in [0.1, 0.15) is 13.2 Å². The van der Waals surface area contributed by atoms with Gasteiger partial charge in [0.15, 0.2) is 0 Å². The van der Waals surface area contributed by atoms with Gasteiger partial charge in [-0.2, -0.15) is 0 Å². The van der Waals surface area contributed by atoms with E-state index < -0.39 is 0 Å². The summed E-state index contributed by atoms with van der Waals surface area (Å²) in [6.07, 6.45) is 0.824. The van der Waals surface area contributed by atoms with Crippen LogP contribution in [0.5, 0.6) is 0 Å². The van der Waals surface area contributed by atoms with E-state index in [4.69, 9.17) is 4.74 Å².